The molecule has 0 saturated carbocycles. The summed E-state index contributed by atoms with van der Waals surface area (Å²) in [6.07, 6.45) is 1.53. The Morgan fingerprint density at radius 2 is 1.96 bits per heavy atom. The third-order valence-electron chi connectivity index (χ3n) is 3.48. The van der Waals surface area contributed by atoms with Gasteiger partial charge < -0.3 is 5.32 Å². The maximum Gasteiger partial charge on any atom is 0.295 e. The second-order valence-electron chi connectivity index (χ2n) is 5.37. The van der Waals surface area contributed by atoms with Gasteiger partial charge in [-0.3, -0.25) is 14.5 Å². The van der Waals surface area contributed by atoms with Gasteiger partial charge in [-0.1, -0.05) is 24.3 Å². The fraction of sp³-hybridized carbons (Fsp3) is 0.111. The molecule has 1 heterocycles. The van der Waals surface area contributed by atoms with Gasteiger partial charge in [0.05, 0.1) is 11.6 Å². The number of imide groups is 1. The maximum atomic E-state index is 13.2. The molecule has 3 rings (SSSR count). The van der Waals surface area contributed by atoms with Gasteiger partial charge in [0.2, 0.25) is 0 Å². The SMILES string of the molecule is Cc1cccc(NCN2C(=O)S/C(=C/c3cccc(F)c3)C2=O)c1. The first-order valence-electron chi connectivity index (χ1n) is 7.34. The average Bonchev–Trinajstić information content (AvgIpc) is 2.79. The monoisotopic (exact) mass is 342 g/mol. The van der Waals surface area contributed by atoms with Crippen LogP contribution in [0.15, 0.2) is 53.4 Å². The van der Waals surface area contributed by atoms with Crippen molar-refractivity contribution in [2.24, 2.45) is 0 Å². The molecule has 2 amide bonds. The molecule has 0 atom stereocenters. The topological polar surface area (TPSA) is 49.4 Å². The van der Waals surface area contributed by atoms with Gasteiger partial charge in [-0.25, -0.2) is 4.39 Å². The highest BCUT2D eigenvalue weighted by molar-refractivity contribution is 8.18. The standard InChI is InChI=1S/C18H15FN2O2S/c1-12-4-2-7-15(8-12)20-11-21-17(22)16(24-18(21)23)10-13-5-3-6-14(19)9-13/h2-10,20H,11H2,1H3/b16-10+. The first kappa shape index (κ1) is 16.3. The van der Waals surface area contributed by atoms with Crippen LogP contribution in [0.25, 0.3) is 6.08 Å². The number of thioether (sulfide) groups is 1. The zero-order chi connectivity index (χ0) is 17.1. The van der Waals surface area contributed by atoms with Gasteiger partial charge in [0.1, 0.15) is 5.82 Å². The summed E-state index contributed by atoms with van der Waals surface area (Å²) in [5.74, 6) is -0.765. The van der Waals surface area contributed by atoms with Crippen LogP contribution in [-0.4, -0.2) is 22.7 Å². The Bertz CT molecular complexity index is 835. The molecule has 24 heavy (non-hydrogen) atoms. The molecule has 1 N–H and O–H groups in total. The first-order chi connectivity index (χ1) is 11.5. The molecule has 0 aliphatic carbocycles. The molecule has 1 fully saturated rings. The number of nitrogens with zero attached hydrogens (tertiary/aromatic N) is 1. The molecule has 0 bridgehead atoms. The van der Waals surface area contributed by atoms with Gasteiger partial charge in [0.15, 0.2) is 0 Å². The van der Waals surface area contributed by atoms with E-state index in [1.54, 1.807) is 12.1 Å². The number of amides is 2. The summed E-state index contributed by atoms with van der Waals surface area (Å²) in [5, 5.41) is 2.72. The molecule has 4 nitrogen and oxygen atoms in total. The highest BCUT2D eigenvalue weighted by Gasteiger charge is 2.34. The van der Waals surface area contributed by atoms with Gasteiger partial charge in [-0.05, 0) is 60.2 Å². The van der Waals surface area contributed by atoms with E-state index in [0.29, 0.717) is 5.56 Å². The number of carbonyl (C=O) groups is 2. The van der Waals surface area contributed by atoms with Crippen LogP contribution in [0.4, 0.5) is 14.9 Å². The molecule has 0 radical (unpaired) electrons. The minimum absolute atomic E-state index is 0.0919. The molecule has 1 aliphatic heterocycles. The van der Waals surface area contributed by atoms with Crippen molar-refractivity contribution in [2.45, 2.75) is 6.92 Å². The maximum absolute atomic E-state index is 13.2. The lowest BCUT2D eigenvalue weighted by Crippen LogP contribution is -2.33. The minimum atomic E-state index is -0.385. The van der Waals surface area contributed by atoms with E-state index in [9.17, 15) is 14.0 Å². The van der Waals surface area contributed by atoms with E-state index >= 15 is 0 Å². The summed E-state index contributed by atoms with van der Waals surface area (Å²) in [7, 11) is 0. The van der Waals surface area contributed by atoms with Crippen LogP contribution in [0.1, 0.15) is 11.1 Å². The molecular formula is C18H15FN2O2S. The van der Waals surface area contributed by atoms with E-state index in [4.69, 9.17) is 0 Å². The van der Waals surface area contributed by atoms with Crippen molar-refractivity contribution in [3.05, 3.63) is 70.4 Å². The van der Waals surface area contributed by atoms with Gasteiger partial charge >= 0.3 is 0 Å². The lowest BCUT2D eigenvalue weighted by atomic mass is 10.2. The largest absolute Gasteiger partial charge is 0.367 e. The number of hydrogen-bond donors (Lipinski definition) is 1. The van der Waals surface area contributed by atoms with E-state index in [1.807, 2.05) is 31.2 Å². The number of anilines is 1. The van der Waals surface area contributed by atoms with Gasteiger partial charge in [-0.2, -0.15) is 0 Å². The van der Waals surface area contributed by atoms with Crippen molar-refractivity contribution < 1.29 is 14.0 Å². The fourth-order valence-corrected chi connectivity index (χ4v) is 3.15. The molecule has 2 aromatic rings. The lowest BCUT2D eigenvalue weighted by molar-refractivity contribution is -0.122. The number of benzene rings is 2. The predicted molar refractivity (Wildman–Crippen MR) is 93.9 cm³/mol. The molecule has 0 unspecified atom stereocenters. The van der Waals surface area contributed by atoms with Crippen molar-refractivity contribution in [3.63, 3.8) is 0 Å². The van der Waals surface area contributed by atoms with Crippen molar-refractivity contribution in [1.82, 2.24) is 4.90 Å². The van der Waals surface area contributed by atoms with E-state index < -0.39 is 0 Å². The number of halogens is 1. The van der Waals surface area contributed by atoms with Crippen molar-refractivity contribution >= 4 is 34.7 Å². The zero-order valence-corrected chi connectivity index (χ0v) is 13.8. The second-order valence-corrected chi connectivity index (χ2v) is 6.36. The summed E-state index contributed by atoms with van der Waals surface area (Å²) in [6, 6.07) is 13.6. The normalized spacial score (nSPS) is 16.1. The number of nitrogens with one attached hydrogen (secondary N) is 1. The summed E-state index contributed by atoms with van der Waals surface area (Å²) in [5.41, 5.74) is 2.47. The summed E-state index contributed by atoms with van der Waals surface area (Å²) >= 11 is 0.857. The van der Waals surface area contributed by atoms with Crippen LogP contribution in [0.5, 0.6) is 0 Å². The van der Waals surface area contributed by atoms with Crippen LogP contribution in [0.2, 0.25) is 0 Å². The molecule has 122 valence electrons. The molecule has 0 aromatic heterocycles. The summed E-state index contributed by atoms with van der Waals surface area (Å²) in [4.78, 5) is 25.9. The average molecular weight is 342 g/mol. The van der Waals surface area contributed by atoms with Gasteiger partial charge in [0.25, 0.3) is 11.1 Å². The minimum Gasteiger partial charge on any atom is -0.367 e. The van der Waals surface area contributed by atoms with Crippen LogP contribution >= 0.6 is 11.8 Å². The quantitative estimate of drug-likeness (QED) is 0.845. The number of carbonyl (C=O) groups excluding carboxylic acids is 2. The zero-order valence-electron chi connectivity index (χ0n) is 13.0. The smallest absolute Gasteiger partial charge is 0.295 e. The first-order valence-corrected chi connectivity index (χ1v) is 8.16. The highest BCUT2D eigenvalue weighted by atomic mass is 32.2. The second kappa shape index (κ2) is 6.88. The number of rotatable bonds is 4. The van der Waals surface area contributed by atoms with Gasteiger partial charge in [0, 0.05) is 5.69 Å². The van der Waals surface area contributed by atoms with Crippen LogP contribution in [-0.2, 0) is 4.79 Å². The summed E-state index contributed by atoms with van der Waals surface area (Å²) in [6.45, 7) is 2.06. The van der Waals surface area contributed by atoms with Crippen LogP contribution in [0.3, 0.4) is 0 Å². The Hall–Kier alpha value is -2.60. The lowest BCUT2D eigenvalue weighted by Gasteiger charge is -2.14. The third-order valence-corrected chi connectivity index (χ3v) is 4.39. The van der Waals surface area contributed by atoms with E-state index in [0.717, 1.165) is 27.9 Å². The Labute approximate surface area is 143 Å². The molecule has 6 heteroatoms. The molecule has 1 aliphatic rings. The van der Waals surface area contributed by atoms with Crippen molar-refractivity contribution in [1.29, 1.82) is 0 Å². The van der Waals surface area contributed by atoms with Crippen molar-refractivity contribution in [2.75, 3.05) is 12.0 Å². The molecule has 2 aromatic carbocycles. The molecular weight excluding hydrogens is 327 g/mol. The van der Waals surface area contributed by atoms with Crippen LogP contribution < -0.4 is 5.32 Å². The van der Waals surface area contributed by atoms with E-state index in [-0.39, 0.29) is 28.5 Å². The van der Waals surface area contributed by atoms with Crippen LogP contribution in [0, 0.1) is 12.7 Å². The van der Waals surface area contributed by atoms with E-state index in [2.05, 4.69) is 5.32 Å². The van der Waals surface area contributed by atoms with E-state index in [1.165, 1.54) is 18.2 Å². The summed E-state index contributed by atoms with van der Waals surface area (Å²) < 4.78 is 13.2. The Kier molecular flexibility index (Phi) is 4.66. The Morgan fingerprint density at radius 1 is 1.17 bits per heavy atom. The Balaban J connectivity index is 1.72. The Morgan fingerprint density at radius 3 is 2.71 bits per heavy atom. The van der Waals surface area contributed by atoms with Crippen molar-refractivity contribution in [3.8, 4) is 0 Å². The number of aryl methyl sites for hydroxylation is 1. The highest BCUT2D eigenvalue weighted by Crippen LogP contribution is 2.32. The third kappa shape index (κ3) is 3.65. The molecule has 0 spiro atoms. The number of hydrogen-bond acceptors (Lipinski definition) is 4. The predicted octanol–water partition coefficient (Wildman–Crippen LogP) is 4.24. The molecule has 1 saturated heterocycles. The fourth-order valence-electron chi connectivity index (χ4n) is 2.31. The van der Waals surface area contributed by atoms with Gasteiger partial charge in [-0.15, -0.1) is 0 Å².